The minimum atomic E-state index is 0.546. The summed E-state index contributed by atoms with van der Waals surface area (Å²) in [6, 6.07) is 4.75. The number of hydrogen-bond donors (Lipinski definition) is 1. The lowest BCUT2D eigenvalue weighted by atomic mass is 10.2. The third-order valence-corrected chi connectivity index (χ3v) is 5.05. The molecule has 2 atom stereocenters. The molecule has 0 aliphatic carbocycles. The van der Waals surface area contributed by atoms with E-state index < -0.39 is 0 Å². The summed E-state index contributed by atoms with van der Waals surface area (Å²) in [6.07, 6.45) is 1.22. The van der Waals surface area contributed by atoms with Crippen LogP contribution in [-0.2, 0) is 6.54 Å². The molecule has 2 heterocycles. The standard InChI is InChI=1S/C11H15BrN2S2/c1-7-5-8(2)15-11(14-7)13-6-9-3-4-10(12)16-9/h3-4,7-8H,5-6H2,1-2H3,(H,13,14). The molecule has 1 saturated heterocycles. The Bertz CT molecular complexity index is 377. The molecule has 16 heavy (non-hydrogen) atoms. The van der Waals surface area contributed by atoms with Gasteiger partial charge in [-0.15, -0.1) is 11.3 Å². The maximum Gasteiger partial charge on any atom is 0.157 e. The van der Waals surface area contributed by atoms with Crippen LogP contribution in [0.15, 0.2) is 20.9 Å². The third-order valence-electron chi connectivity index (χ3n) is 2.38. The summed E-state index contributed by atoms with van der Waals surface area (Å²) in [5, 5.41) is 5.19. The molecule has 2 rings (SSSR count). The highest BCUT2D eigenvalue weighted by molar-refractivity contribution is 9.11. The lowest BCUT2D eigenvalue weighted by Crippen LogP contribution is -2.38. The van der Waals surface area contributed by atoms with E-state index in [1.807, 2.05) is 11.8 Å². The molecule has 0 bridgehead atoms. The number of hydrogen-bond acceptors (Lipinski definition) is 3. The van der Waals surface area contributed by atoms with Crippen molar-refractivity contribution in [2.45, 2.75) is 38.1 Å². The van der Waals surface area contributed by atoms with Crippen molar-refractivity contribution in [3.8, 4) is 0 Å². The molecule has 5 heteroatoms. The summed E-state index contributed by atoms with van der Waals surface area (Å²) in [4.78, 5) is 5.92. The Kier molecular flexibility index (Phi) is 4.33. The first kappa shape index (κ1) is 12.5. The average molecular weight is 319 g/mol. The van der Waals surface area contributed by atoms with Crippen LogP contribution in [0, 0.1) is 0 Å². The topological polar surface area (TPSA) is 24.4 Å². The molecule has 0 amide bonds. The number of amidine groups is 1. The molecule has 1 aromatic heterocycles. The van der Waals surface area contributed by atoms with Gasteiger partial charge in [0.15, 0.2) is 5.17 Å². The lowest BCUT2D eigenvalue weighted by molar-refractivity contribution is 0.597. The fourth-order valence-corrected chi connectivity index (χ4v) is 4.29. The van der Waals surface area contributed by atoms with E-state index in [1.165, 1.54) is 15.1 Å². The van der Waals surface area contributed by atoms with Crippen LogP contribution < -0.4 is 5.32 Å². The van der Waals surface area contributed by atoms with Gasteiger partial charge < -0.3 is 5.32 Å². The van der Waals surface area contributed by atoms with Crippen molar-refractivity contribution in [3.05, 3.63) is 20.8 Å². The monoisotopic (exact) mass is 318 g/mol. The molecule has 1 aliphatic heterocycles. The smallest absolute Gasteiger partial charge is 0.157 e. The van der Waals surface area contributed by atoms with E-state index in [-0.39, 0.29) is 0 Å². The number of rotatable bonds is 2. The first-order valence-corrected chi connectivity index (χ1v) is 7.84. The van der Waals surface area contributed by atoms with E-state index in [1.54, 1.807) is 11.3 Å². The predicted octanol–water partition coefficient (Wildman–Crippen LogP) is 3.87. The molecule has 1 aromatic rings. The van der Waals surface area contributed by atoms with Crippen LogP contribution in [0.2, 0.25) is 0 Å². The number of halogens is 1. The highest BCUT2D eigenvalue weighted by atomic mass is 79.9. The van der Waals surface area contributed by atoms with Gasteiger partial charge in [0.1, 0.15) is 0 Å². The second-order valence-electron chi connectivity index (χ2n) is 4.04. The minimum absolute atomic E-state index is 0.546. The normalized spacial score (nSPS) is 28.1. The van der Waals surface area contributed by atoms with Gasteiger partial charge in [-0.3, -0.25) is 4.99 Å². The van der Waals surface area contributed by atoms with Crippen molar-refractivity contribution >= 4 is 44.2 Å². The van der Waals surface area contributed by atoms with Crippen LogP contribution in [-0.4, -0.2) is 16.5 Å². The Morgan fingerprint density at radius 3 is 2.94 bits per heavy atom. The first-order chi connectivity index (χ1) is 7.63. The van der Waals surface area contributed by atoms with E-state index in [0.717, 1.165) is 11.7 Å². The molecule has 1 N–H and O–H groups in total. The molecular formula is C11H15BrN2S2. The Labute approximate surface area is 113 Å². The minimum Gasteiger partial charge on any atom is -0.362 e. The first-order valence-electron chi connectivity index (χ1n) is 5.35. The summed E-state index contributed by atoms with van der Waals surface area (Å²) < 4.78 is 1.17. The Morgan fingerprint density at radius 2 is 2.31 bits per heavy atom. The third kappa shape index (κ3) is 3.50. The maximum atomic E-state index is 4.63. The van der Waals surface area contributed by atoms with Crippen molar-refractivity contribution in [1.82, 2.24) is 5.32 Å². The zero-order valence-electron chi connectivity index (χ0n) is 9.37. The largest absolute Gasteiger partial charge is 0.362 e. The Balaban J connectivity index is 1.96. The van der Waals surface area contributed by atoms with Gasteiger partial charge in [0, 0.05) is 16.2 Å². The molecule has 0 spiro atoms. The fraction of sp³-hybridized carbons (Fsp3) is 0.545. The van der Waals surface area contributed by atoms with Gasteiger partial charge >= 0.3 is 0 Å². The van der Waals surface area contributed by atoms with Crippen LogP contribution >= 0.6 is 39.0 Å². The number of thioether (sulfide) groups is 1. The van der Waals surface area contributed by atoms with Crippen LogP contribution in [0.25, 0.3) is 0 Å². The summed E-state index contributed by atoms with van der Waals surface area (Å²) in [7, 11) is 0. The molecule has 0 saturated carbocycles. The highest BCUT2D eigenvalue weighted by Crippen LogP contribution is 2.25. The Morgan fingerprint density at radius 1 is 1.50 bits per heavy atom. The van der Waals surface area contributed by atoms with Gasteiger partial charge in [-0.2, -0.15) is 0 Å². The van der Waals surface area contributed by atoms with Crippen molar-refractivity contribution < 1.29 is 0 Å². The molecule has 88 valence electrons. The predicted molar refractivity (Wildman–Crippen MR) is 77.4 cm³/mol. The van der Waals surface area contributed by atoms with Gasteiger partial charge in [-0.05, 0) is 41.4 Å². The number of nitrogens with zero attached hydrogens (tertiary/aromatic N) is 1. The van der Waals surface area contributed by atoms with Crippen LogP contribution in [0.3, 0.4) is 0 Å². The summed E-state index contributed by atoms with van der Waals surface area (Å²) >= 11 is 7.06. The Hall–Kier alpha value is -0.0000000000000000278. The summed E-state index contributed by atoms with van der Waals surface area (Å²) in [6.45, 7) is 5.26. The zero-order valence-corrected chi connectivity index (χ0v) is 12.6. The van der Waals surface area contributed by atoms with Gasteiger partial charge in [0.25, 0.3) is 0 Å². The number of nitrogens with one attached hydrogen (secondary N) is 1. The van der Waals surface area contributed by atoms with E-state index in [9.17, 15) is 0 Å². The molecule has 1 aliphatic rings. The lowest BCUT2D eigenvalue weighted by Gasteiger charge is -2.26. The van der Waals surface area contributed by atoms with Crippen molar-refractivity contribution in [3.63, 3.8) is 0 Å². The molecule has 2 unspecified atom stereocenters. The fourth-order valence-electron chi connectivity index (χ4n) is 1.71. The summed E-state index contributed by atoms with van der Waals surface area (Å²) in [5.74, 6) is 0. The van der Waals surface area contributed by atoms with E-state index >= 15 is 0 Å². The van der Waals surface area contributed by atoms with Gasteiger partial charge in [-0.25, -0.2) is 0 Å². The number of thiophene rings is 1. The van der Waals surface area contributed by atoms with E-state index in [4.69, 9.17) is 0 Å². The highest BCUT2D eigenvalue weighted by Gasteiger charge is 2.19. The van der Waals surface area contributed by atoms with E-state index in [2.05, 4.69) is 52.2 Å². The van der Waals surface area contributed by atoms with Crippen LogP contribution in [0.1, 0.15) is 25.1 Å². The van der Waals surface area contributed by atoms with E-state index in [0.29, 0.717) is 11.3 Å². The van der Waals surface area contributed by atoms with Crippen molar-refractivity contribution in [1.29, 1.82) is 0 Å². The van der Waals surface area contributed by atoms with Crippen LogP contribution in [0.4, 0.5) is 0 Å². The van der Waals surface area contributed by atoms with Gasteiger partial charge in [-0.1, -0.05) is 18.7 Å². The van der Waals surface area contributed by atoms with Gasteiger partial charge in [0.2, 0.25) is 0 Å². The summed E-state index contributed by atoms with van der Waals surface area (Å²) in [5.41, 5.74) is 0. The molecule has 0 radical (unpaired) electrons. The van der Waals surface area contributed by atoms with Crippen LogP contribution in [0.5, 0.6) is 0 Å². The van der Waals surface area contributed by atoms with Crippen molar-refractivity contribution in [2.75, 3.05) is 0 Å². The van der Waals surface area contributed by atoms with Crippen molar-refractivity contribution in [2.24, 2.45) is 4.99 Å². The zero-order chi connectivity index (χ0) is 11.5. The molecule has 0 aromatic carbocycles. The molecular weight excluding hydrogens is 304 g/mol. The van der Waals surface area contributed by atoms with Gasteiger partial charge in [0.05, 0.1) is 10.3 Å². The molecule has 1 fully saturated rings. The maximum absolute atomic E-state index is 4.63. The second-order valence-corrected chi connectivity index (χ2v) is 8.01. The number of aliphatic imine (C=N–C) groups is 1. The quantitative estimate of drug-likeness (QED) is 0.895. The second kappa shape index (κ2) is 5.56. The molecule has 2 nitrogen and oxygen atoms in total. The SMILES string of the molecule is CC1CC(C)SC(=NCc2ccc(Br)s2)N1. The average Bonchev–Trinajstić information content (AvgIpc) is 2.60.